The Balaban J connectivity index is 2.06. The van der Waals surface area contributed by atoms with Crippen molar-refractivity contribution in [3.8, 4) is 5.75 Å². The molecule has 2 rings (SSSR count). The minimum absolute atomic E-state index is 0.0793. The molecule has 1 fully saturated rings. The Kier molecular flexibility index (Phi) is 5.80. The van der Waals surface area contributed by atoms with Crippen molar-refractivity contribution in [3.63, 3.8) is 0 Å². The molecule has 1 aliphatic rings. The van der Waals surface area contributed by atoms with Gasteiger partial charge in [0.15, 0.2) is 0 Å². The largest absolute Gasteiger partial charge is 0.491 e. The minimum Gasteiger partial charge on any atom is -0.491 e. The van der Waals surface area contributed by atoms with Crippen LogP contribution in [0.3, 0.4) is 0 Å². The molecule has 1 unspecified atom stereocenters. The summed E-state index contributed by atoms with van der Waals surface area (Å²) >= 11 is 0. The predicted octanol–water partition coefficient (Wildman–Crippen LogP) is 1.70. The van der Waals surface area contributed by atoms with Crippen LogP contribution in [0.1, 0.15) is 32.4 Å². The van der Waals surface area contributed by atoms with Crippen LogP contribution >= 0.6 is 0 Å². The second-order valence-electron chi connectivity index (χ2n) is 5.60. The number of nitrogens with zero attached hydrogens (tertiary/aromatic N) is 1. The van der Waals surface area contributed by atoms with Gasteiger partial charge in [-0.15, -0.1) is 0 Å². The maximum Gasteiger partial charge on any atom is 0.280 e. The molecule has 0 amide bonds. The van der Waals surface area contributed by atoms with Gasteiger partial charge in [-0.3, -0.25) is 0 Å². The van der Waals surface area contributed by atoms with E-state index in [1.807, 2.05) is 45.0 Å². The molecule has 0 aliphatic carbocycles. The second kappa shape index (κ2) is 7.41. The molecule has 6 nitrogen and oxygen atoms in total. The van der Waals surface area contributed by atoms with Gasteiger partial charge >= 0.3 is 0 Å². The number of morpholine rings is 1. The third kappa shape index (κ3) is 4.67. The monoisotopic (exact) mass is 328 g/mol. The van der Waals surface area contributed by atoms with Gasteiger partial charge in [0.1, 0.15) is 5.75 Å². The number of hydrogen-bond acceptors (Lipinski definition) is 4. The number of benzene rings is 1. The Morgan fingerprint density at radius 1 is 1.23 bits per heavy atom. The van der Waals surface area contributed by atoms with E-state index >= 15 is 0 Å². The van der Waals surface area contributed by atoms with E-state index in [0.717, 1.165) is 11.3 Å². The lowest BCUT2D eigenvalue weighted by atomic mass is 10.1. The van der Waals surface area contributed by atoms with Crippen molar-refractivity contribution >= 4 is 10.2 Å². The van der Waals surface area contributed by atoms with Gasteiger partial charge in [-0.05, 0) is 38.5 Å². The molecule has 0 radical (unpaired) electrons. The highest BCUT2D eigenvalue weighted by Crippen LogP contribution is 2.21. The second-order valence-corrected chi connectivity index (χ2v) is 7.30. The topological polar surface area (TPSA) is 67.9 Å². The van der Waals surface area contributed by atoms with E-state index in [-0.39, 0.29) is 12.1 Å². The molecule has 124 valence electrons. The predicted molar refractivity (Wildman–Crippen MR) is 85.1 cm³/mol. The van der Waals surface area contributed by atoms with Crippen LogP contribution in [0.2, 0.25) is 0 Å². The number of nitrogens with one attached hydrogen (secondary N) is 1. The van der Waals surface area contributed by atoms with Crippen LogP contribution in [-0.2, 0) is 14.9 Å². The maximum atomic E-state index is 12.4. The molecule has 1 aromatic carbocycles. The lowest BCUT2D eigenvalue weighted by Crippen LogP contribution is -2.47. The average molecular weight is 328 g/mol. The highest BCUT2D eigenvalue weighted by atomic mass is 32.2. The van der Waals surface area contributed by atoms with E-state index in [1.54, 1.807) is 0 Å². The molecule has 0 aromatic heterocycles. The molecular formula is C15H24N2O4S. The number of rotatable bonds is 6. The van der Waals surface area contributed by atoms with Crippen molar-refractivity contribution in [1.29, 1.82) is 0 Å². The summed E-state index contributed by atoms with van der Waals surface area (Å²) in [7, 11) is -3.50. The van der Waals surface area contributed by atoms with Crippen LogP contribution in [-0.4, -0.2) is 45.1 Å². The van der Waals surface area contributed by atoms with Gasteiger partial charge in [0.2, 0.25) is 0 Å². The number of hydrogen-bond donors (Lipinski definition) is 1. The van der Waals surface area contributed by atoms with E-state index in [0.29, 0.717) is 26.3 Å². The third-order valence-corrected chi connectivity index (χ3v) is 5.06. The quantitative estimate of drug-likeness (QED) is 0.863. The maximum absolute atomic E-state index is 12.4. The van der Waals surface area contributed by atoms with E-state index in [4.69, 9.17) is 9.47 Å². The Hall–Kier alpha value is -1.15. The Labute approximate surface area is 132 Å². The van der Waals surface area contributed by atoms with Gasteiger partial charge < -0.3 is 9.47 Å². The fraction of sp³-hybridized carbons (Fsp3) is 0.600. The first-order chi connectivity index (χ1) is 10.4. The zero-order chi connectivity index (χ0) is 16.2. The van der Waals surface area contributed by atoms with Crippen molar-refractivity contribution in [2.45, 2.75) is 32.9 Å². The van der Waals surface area contributed by atoms with Crippen LogP contribution < -0.4 is 9.46 Å². The van der Waals surface area contributed by atoms with Crippen molar-refractivity contribution in [2.24, 2.45) is 0 Å². The fourth-order valence-electron chi connectivity index (χ4n) is 2.28. The standard InChI is InChI=1S/C15H24N2O4S/c1-12(2)21-15-6-4-5-14(11-15)13(3)16-22(18,19)17-7-9-20-10-8-17/h4-6,11-13,16H,7-10H2,1-3H3. The van der Waals surface area contributed by atoms with Crippen LogP contribution in [0.15, 0.2) is 24.3 Å². The van der Waals surface area contributed by atoms with E-state index in [1.165, 1.54) is 4.31 Å². The summed E-state index contributed by atoms with van der Waals surface area (Å²) in [6, 6.07) is 7.16. The molecule has 0 spiro atoms. The normalized spacial score (nSPS) is 18.4. The van der Waals surface area contributed by atoms with Crippen molar-refractivity contribution in [3.05, 3.63) is 29.8 Å². The first kappa shape index (κ1) is 17.2. The van der Waals surface area contributed by atoms with E-state index in [9.17, 15) is 8.42 Å². The lowest BCUT2D eigenvalue weighted by molar-refractivity contribution is 0.0723. The fourth-order valence-corrected chi connectivity index (χ4v) is 3.64. The molecular weight excluding hydrogens is 304 g/mol. The SMILES string of the molecule is CC(C)Oc1cccc(C(C)NS(=O)(=O)N2CCOCC2)c1. The molecule has 0 bridgehead atoms. The summed E-state index contributed by atoms with van der Waals surface area (Å²) in [5, 5.41) is 0. The third-order valence-electron chi connectivity index (χ3n) is 3.37. The van der Waals surface area contributed by atoms with Crippen LogP contribution in [0.5, 0.6) is 5.75 Å². The summed E-state index contributed by atoms with van der Waals surface area (Å²) in [6.45, 7) is 7.39. The van der Waals surface area contributed by atoms with Crippen molar-refractivity contribution < 1.29 is 17.9 Å². The minimum atomic E-state index is -3.50. The first-order valence-corrected chi connectivity index (χ1v) is 8.94. The molecule has 1 aliphatic heterocycles. The summed E-state index contributed by atoms with van der Waals surface area (Å²) in [5.41, 5.74) is 0.870. The summed E-state index contributed by atoms with van der Waals surface area (Å²) in [6.07, 6.45) is 0.0793. The van der Waals surface area contributed by atoms with Crippen LogP contribution in [0.4, 0.5) is 0 Å². The first-order valence-electron chi connectivity index (χ1n) is 7.50. The van der Waals surface area contributed by atoms with Crippen LogP contribution in [0.25, 0.3) is 0 Å². The van der Waals surface area contributed by atoms with Gasteiger partial charge in [-0.1, -0.05) is 12.1 Å². The Morgan fingerprint density at radius 3 is 2.55 bits per heavy atom. The van der Waals surface area contributed by atoms with Gasteiger partial charge in [-0.2, -0.15) is 17.4 Å². The molecule has 1 saturated heterocycles. The highest BCUT2D eigenvalue weighted by Gasteiger charge is 2.26. The zero-order valence-corrected chi connectivity index (χ0v) is 14.1. The van der Waals surface area contributed by atoms with Gasteiger partial charge in [0, 0.05) is 19.1 Å². The average Bonchev–Trinajstić information content (AvgIpc) is 2.47. The molecule has 1 atom stereocenters. The summed E-state index contributed by atoms with van der Waals surface area (Å²) in [4.78, 5) is 0. The van der Waals surface area contributed by atoms with Crippen molar-refractivity contribution in [1.82, 2.24) is 9.03 Å². The van der Waals surface area contributed by atoms with Crippen molar-refractivity contribution in [2.75, 3.05) is 26.3 Å². The molecule has 1 aromatic rings. The summed E-state index contributed by atoms with van der Waals surface area (Å²) < 4.78 is 39.7. The molecule has 1 N–H and O–H groups in total. The lowest BCUT2D eigenvalue weighted by Gasteiger charge is -2.27. The molecule has 1 heterocycles. The van der Waals surface area contributed by atoms with Gasteiger partial charge in [0.25, 0.3) is 10.2 Å². The summed E-state index contributed by atoms with van der Waals surface area (Å²) in [5.74, 6) is 0.741. The van der Waals surface area contributed by atoms with E-state index in [2.05, 4.69) is 4.72 Å². The Bertz CT molecular complexity index is 583. The molecule has 7 heteroatoms. The molecule has 22 heavy (non-hydrogen) atoms. The van der Waals surface area contributed by atoms with Crippen LogP contribution in [0, 0.1) is 0 Å². The van der Waals surface area contributed by atoms with E-state index < -0.39 is 10.2 Å². The highest BCUT2D eigenvalue weighted by molar-refractivity contribution is 7.87. The van der Waals surface area contributed by atoms with Gasteiger partial charge in [-0.25, -0.2) is 0 Å². The molecule has 0 saturated carbocycles. The smallest absolute Gasteiger partial charge is 0.280 e. The zero-order valence-electron chi connectivity index (χ0n) is 13.3. The Morgan fingerprint density at radius 2 is 1.91 bits per heavy atom. The van der Waals surface area contributed by atoms with Gasteiger partial charge in [0.05, 0.1) is 19.3 Å². The number of ether oxygens (including phenoxy) is 2.